The molecule has 0 spiro atoms. The van der Waals surface area contributed by atoms with Gasteiger partial charge in [-0.3, -0.25) is 0 Å². The summed E-state index contributed by atoms with van der Waals surface area (Å²) in [6.45, 7) is 20.1. The fraction of sp³-hybridized carbons (Fsp3) is 0.134. The highest BCUT2D eigenvalue weighted by atomic mass is 15.2. The van der Waals surface area contributed by atoms with Crippen LogP contribution in [0.2, 0.25) is 0 Å². The molecule has 0 N–H and O–H groups in total. The van der Waals surface area contributed by atoms with Crippen LogP contribution in [0, 0.1) is 0 Å². The first-order valence-electron chi connectivity index (χ1n) is 41.5. The maximum Gasteiger partial charge on any atom is 0.0783 e. The number of anilines is 6. The SMILES string of the molecule is [2H]c1c([2H])c([2H])c(-c2ccc3c(c2)N(c2cc(-c4ccccc4)cc(-c4ccccc4)c2)c2cc(C(C)(C)C)cc4c2C3c2ccc(-n3c5c([2H])c([2H])c([2H])c([2H])c5c5c([2H])c([2H])c([2H])c([2H])c53)cc2N4c2cccc3c4cccc(-n5c6ccc(C(C)(C)C)cc6c6cc(C(C)(C)C)ccc65)c4n(-c4ccccc4)c23)c([2H])c1[2H]. The van der Waals surface area contributed by atoms with Crippen molar-refractivity contribution >= 4 is 99.5 Å². The Bertz CT molecular complexity index is 6850. The van der Waals surface area contributed by atoms with E-state index in [1.165, 1.54) is 11.1 Å². The standard InChI is InChI=1S/C97H79N5/c1-95(2,3)67-45-50-83-79(56-67)80-57-68(96(4,5)6)46-51-84(80)101(83)85-42-26-38-75-76-39-27-43-86(94(76)100(93(75)85)70-34-20-13-21-35-70)102-88-60-71(98-81-40-24-22-36-73(81)74-37-23-25-41-82(74)98)47-49-78(88)91-77-48-44-64(61-28-14-10-15-29-61)55-87(77)99(89-58-69(97(7,8)9)59-90(102)92(89)91)72-53-65(62-30-16-11-17-31-62)52-66(54-72)63-32-18-12-19-33-63/h10-60,91H,1-9H3/i10D,14D,15D,22D,23D,24D,25D,28D,29D,36D,37D,40D,41D. The fourth-order valence-corrected chi connectivity index (χ4v) is 16.1. The highest BCUT2D eigenvalue weighted by Gasteiger charge is 2.44. The van der Waals surface area contributed by atoms with Crippen LogP contribution < -0.4 is 9.80 Å². The van der Waals surface area contributed by atoms with Gasteiger partial charge < -0.3 is 23.5 Å². The molecule has 19 rings (SSSR count). The van der Waals surface area contributed by atoms with Gasteiger partial charge in [0, 0.05) is 60.9 Å². The minimum Gasteiger partial charge on any atom is -0.310 e. The first-order chi connectivity index (χ1) is 54.9. The van der Waals surface area contributed by atoms with Gasteiger partial charge in [-0.1, -0.05) is 262 Å². The average molecular weight is 1330 g/mol. The summed E-state index contributed by atoms with van der Waals surface area (Å²) in [5, 5.41) is 4.12. The third-order valence-corrected chi connectivity index (χ3v) is 21.2. The van der Waals surface area contributed by atoms with E-state index in [-0.39, 0.29) is 50.3 Å². The highest BCUT2D eigenvalue weighted by molar-refractivity contribution is 6.19. The molecule has 3 aromatic heterocycles. The van der Waals surface area contributed by atoms with Crippen molar-refractivity contribution in [2.45, 2.75) is 84.5 Å². The van der Waals surface area contributed by atoms with Crippen molar-refractivity contribution in [2.24, 2.45) is 0 Å². The molecule has 0 aliphatic carbocycles. The van der Waals surface area contributed by atoms with Gasteiger partial charge in [0.2, 0.25) is 0 Å². The Morgan fingerprint density at radius 1 is 0.265 bits per heavy atom. The molecule has 1 atom stereocenters. The zero-order valence-corrected chi connectivity index (χ0v) is 58.3. The number of nitrogens with zero attached hydrogens (tertiary/aromatic N) is 5. The van der Waals surface area contributed by atoms with Gasteiger partial charge in [-0.25, -0.2) is 0 Å². The van der Waals surface area contributed by atoms with E-state index in [0.717, 1.165) is 122 Å². The van der Waals surface area contributed by atoms with Gasteiger partial charge >= 0.3 is 0 Å². The smallest absolute Gasteiger partial charge is 0.0783 e. The molecule has 17 aromatic rings. The van der Waals surface area contributed by atoms with Gasteiger partial charge in [-0.05, 0) is 187 Å². The second-order valence-corrected chi connectivity index (χ2v) is 30.4. The van der Waals surface area contributed by atoms with Crippen LogP contribution in [0.15, 0.2) is 309 Å². The van der Waals surface area contributed by atoms with E-state index in [0.29, 0.717) is 22.6 Å². The molecule has 0 amide bonds. The van der Waals surface area contributed by atoms with E-state index in [1.54, 1.807) is 4.57 Å². The Hall–Kier alpha value is -11.9. The number of hydrogen-bond donors (Lipinski definition) is 0. The molecule has 102 heavy (non-hydrogen) atoms. The minimum atomic E-state index is -0.656. The van der Waals surface area contributed by atoms with Gasteiger partial charge in [0.25, 0.3) is 0 Å². The first kappa shape index (κ1) is 48.8. The second kappa shape index (κ2) is 22.8. The van der Waals surface area contributed by atoms with Crippen molar-refractivity contribution in [3.8, 4) is 50.4 Å². The number of benzene rings is 14. The predicted molar refractivity (Wildman–Crippen MR) is 432 cm³/mol. The average Bonchev–Trinajstić information content (AvgIpc) is 1.61. The zero-order valence-electron chi connectivity index (χ0n) is 71.3. The molecule has 1 unspecified atom stereocenters. The van der Waals surface area contributed by atoms with Crippen LogP contribution in [-0.2, 0) is 16.2 Å². The highest BCUT2D eigenvalue weighted by Crippen LogP contribution is 2.63. The Morgan fingerprint density at radius 3 is 1.33 bits per heavy atom. The van der Waals surface area contributed by atoms with Crippen molar-refractivity contribution < 1.29 is 17.8 Å². The van der Waals surface area contributed by atoms with E-state index in [2.05, 4.69) is 233 Å². The van der Waals surface area contributed by atoms with E-state index in [1.807, 2.05) is 78.9 Å². The van der Waals surface area contributed by atoms with Gasteiger partial charge in [0.15, 0.2) is 0 Å². The van der Waals surface area contributed by atoms with Crippen molar-refractivity contribution in [2.75, 3.05) is 9.80 Å². The summed E-state index contributed by atoms with van der Waals surface area (Å²) in [4.78, 5) is 4.63. The van der Waals surface area contributed by atoms with Gasteiger partial charge in [-0.2, -0.15) is 0 Å². The van der Waals surface area contributed by atoms with Gasteiger partial charge in [-0.15, -0.1) is 0 Å². The third-order valence-electron chi connectivity index (χ3n) is 21.2. The van der Waals surface area contributed by atoms with Gasteiger partial charge in [0.1, 0.15) is 0 Å². The summed E-state index contributed by atoms with van der Waals surface area (Å²) in [6, 6.07) is 74.9. The number of fused-ring (bicyclic) bond motifs is 13. The van der Waals surface area contributed by atoms with E-state index < -0.39 is 77.8 Å². The Morgan fingerprint density at radius 2 is 0.765 bits per heavy atom. The van der Waals surface area contributed by atoms with Crippen LogP contribution in [-0.4, -0.2) is 13.7 Å². The fourth-order valence-electron chi connectivity index (χ4n) is 16.1. The van der Waals surface area contributed by atoms with Crippen LogP contribution >= 0.6 is 0 Å². The first-order valence-corrected chi connectivity index (χ1v) is 35.0. The van der Waals surface area contributed by atoms with E-state index in [4.69, 9.17) is 6.85 Å². The molecule has 2 aliphatic rings. The molecular formula is C97H79N5. The molecule has 0 radical (unpaired) electrons. The minimum absolute atomic E-state index is 0.0207. The third kappa shape index (κ3) is 9.58. The lowest BCUT2D eigenvalue weighted by atomic mass is 9.73. The molecule has 5 nitrogen and oxygen atoms in total. The predicted octanol–water partition coefficient (Wildman–Crippen LogP) is 26.6. The van der Waals surface area contributed by atoms with Crippen molar-refractivity contribution in [1.82, 2.24) is 13.7 Å². The molecule has 5 heterocycles. The molecule has 5 heteroatoms. The Balaban J connectivity index is 0.986. The molecule has 492 valence electrons. The number of para-hydroxylation sites is 5. The van der Waals surface area contributed by atoms with Crippen LogP contribution in [0.25, 0.3) is 116 Å². The quantitative estimate of drug-likeness (QED) is 0.151. The molecule has 0 saturated carbocycles. The number of rotatable bonds is 8. The lowest BCUT2D eigenvalue weighted by Crippen LogP contribution is -2.30. The largest absolute Gasteiger partial charge is 0.310 e. The van der Waals surface area contributed by atoms with Crippen LogP contribution in [0.3, 0.4) is 0 Å². The molecule has 0 fully saturated rings. The molecular weight excluding hydrogens is 1240 g/mol. The number of hydrogen-bond acceptors (Lipinski definition) is 2. The maximum absolute atomic E-state index is 9.84. The summed E-state index contributed by atoms with van der Waals surface area (Å²) in [7, 11) is 0. The summed E-state index contributed by atoms with van der Waals surface area (Å²) in [5.74, 6) is -0.656. The molecule has 2 aliphatic heterocycles. The summed E-state index contributed by atoms with van der Waals surface area (Å²) >= 11 is 0. The topological polar surface area (TPSA) is 21.3 Å². The van der Waals surface area contributed by atoms with Crippen molar-refractivity contribution in [3.63, 3.8) is 0 Å². The summed E-state index contributed by atoms with van der Waals surface area (Å²) < 4.78 is 128. The van der Waals surface area contributed by atoms with E-state index in [9.17, 15) is 11.0 Å². The summed E-state index contributed by atoms with van der Waals surface area (Å²) in [5.41, 5.74) is 19.8. The molecule has 0 saturated heterocycles. The molecule has 0 bridgehead atoms. The van der Waals surface area contributed by atoms with Crippen LogP contribution in [0.4, 0.5) is 34.1 Å². The van der Waals surface area contributed by atoms with Crippen molar-refractivity contribution in [3.05, 3.63) is 342 Å². The Kier molecular flexibility index (Phi) is 10.9. The van der Waals surface area contributed by atoms with Gasteiger partial charge in [0.05, 0.1) is 85.0 Å². The van der Waals surface area contributed by atoms with Crippen LogP contribution in [0.1, 0.15) is 119 Å². The Labute approximate surface area is 615 Å². The second-order valence-electron chi connectivity index (χ2n) is 30.4. The monoisotopic (exact) mass is 1330 g/mol. The normalized spacial score (nSPS) is 15.6. The lowest BCUT2D eigenvalue weighted by molar-refractivity contribution is 0.589. The van der Waals surface area contributed by atoms with E-state index >= 15 is 0 Å². The van der Waals surface area contributed by atoms with Crippen molar-refractivity contribution in [1.29, 1.82) is 0 Å². The zero-order chi connectivity index (χ0) is 80.4. The van der Waals surface area contributed by atoms with Crippen LogP contribution in [0.5, 0.6) is 0 Å². The lowest BCUT2D eigenvalue weighted by Gasteiger charge is -2.46. The molecule has 14 aromatic carbocycles. The summed E-state index contributed by atoms with van der Waals surface area (Å²) in [6.07, 6.45) is 0. The number of aromatic nitrogens is 3. The maximum atomic E-state index is 9.84.